The largest absolute Gasteiger partial charge is 0.295 e. The van der Waals surface area contributed by atoms with Crippen molar-refractivity contribution in [2.24, 2.45) is 7.05 Å². The van der Waals surface area contributed by atoms with E-state index in [1.54, 1.807) is 4.68 Å². The first-order valence-electron chi connectivity index (χ1n) is 9.97. The molecule has 150 valence electrons. The van der Waals surface area contributed by atoms with E-state index in [4.69, 9.17) is 0 Å². The van der Waals surface area contributed by atoms with Gasteiger partial charge in [0.15, 0.2) is 0 Å². The second-order valence-corrected chi connectivity index (χ2v) is 7.31. The van der Waals surface area contributed by atoms with Gasteiger partial charge in [-0.1, -0.05) is 25.1 Å². The van der Waals surface area contributed by atoms with Gasteiger partial charge in [0.1, 0.15) is 0 Å². The SMILES string of the molecule is CCN(Cc1c(C)nn(CC)c1C)Cc1c(C)n(C)n(-c2ccccc2)c1=O. The fourth-order valence-corrected chi connectivity index (χ4v) is 3.80. The minimum atomic E-state index is 0.0577. The van der Waals surface area contributed by atoms with Gasteiger partial charge in [0.25, 0.3) is 5.56 Å². The summed E-state index contributed by atoms with van der Waals surface area (Å²) in [5, 5.41) is 4.64. The summed E-state index contributed by atoms with van der Waals surface area (Å²) >= 11 is 0. The van der Waals surface area contributed by atoms with Gasteiger partial charge in [-0.15, -0.1) is 0 Å². The quantitative estimate of drug-likeness (QED) is 0.631. The highest BCUT2D eigenvalue weighted by Gasteiger charge is 2.20. The van der Waals surface area contributed by atoms with Crippen molar-refractivity contribution >= 4 is 0 Å². The average Bonchev–Trinajstić information content (AvgIpc) is 3.09. The lowest BCUT2D eigenvalue weighted by Gasteiger charge is -2.20. The number of rotatable bonds is 7. The van der Waals surface area contributed by atoms with Crippen LogP contribution in [0.1, 0.15) is 42.1 Å². The third kappa shape index (κ3) is 3.56. The van der Waals surface area contributed by atoms with E-state index in [2.05, 4.69) is 42.4 Å². The zero-order chi connectivity index (χ0) is 20.4. The molecule has 0 aliphatic carbocycles. The van der Waals surface area contributed by atoms with Crippen molar-refractivity contribution in [3.63, 3.8) is 0 Å². The highest BCUT2D eigenvalue weighted by atomic mass is 16.1. The average molecular weight is 382 g/mol. The molecule has 1 aromatic carbocycles. The van der Waals surface area contributed by atoms with Crippen LogP contribution in [0.3, 0.4) is 0 Å². The fraction of sp³-hybridized carbons (Fsp3) is 0.455. The molecule has 2 heterocycles. The van der Waals surface area contributed by atoms with Gasteiger partial charge >= 0.3 is 0 Å². The Morgan fingerprint density at radius 3 is 2.18 bits per heavy atom. The standard InChI is InChI=1S/C22H31N5O/c1-7-25(14-20-16(3)23-26(8-2)18(20)5)15-21-17(4)24(6)27(22(21)28)19-12-10-9-11-13-19/h9-13H,7-8,14-15H2,1-6H3. The Labute approximate surface area is 167 Å². The lowest BCUT2D eigenvalue weighted by molar-refractivity contribution is 0.269. The first kappa shape index (κ1) is 20.1. The van der Waals surface area contributed by atoms with Gasteiger partial charge in [0, 0.05) is 43.6 Å². The van der Waals surface area contributed by atoms with Crippen molar-refractivity contribution in [3.05, 3.63) is 68.9 Å². The molecule has 0 radical (unpaired) electrons. The summed E-state index contributed by atoms with van der Waals surface area (Å²) in [7, 11) is 1.95. The second kappa shape index (κ2) is 8.19. The van der Waals surface area contributed by atoms with E-state index in [0.29, 0.717) is 6.54 Å². The minimum absolute atomic E-state index is 0.0577. The smallest absolute Gasteiger partial charge is 0.276 e. The highest BCUT2D eigenvalue weighted by Crippen LogP contribution is 2.18. The second-order valence-electron chi connectivity index (χ2n) is 7.31. The van der Waals surface area contributed by atoms with Gasteiger partial charge in [0.2, 0.25) is 0 Å². The number of nitrogens with zero attached hydrogens (tertiary/aromatic N) is 5. The Balaban J connectivity index is 1.92. The predicted octanol–water partition coefficient (Wildman–Crippen LogP) is 3.34. The van der Waals surface area contributed by atoms with Crippen LogP contribution in [0.5, 0.6) is 0 Å². The summed E-state index contributed by atoms with van der Waals surface area (Å²) in [5.74, 6) is 0. The van der Waals surface area contributed by atoms with Crippen molar-refractivity contribution in [2.75, 3.05) is 6.54 Å². The summed E-state index contributed by atoms with van der Waals surface area (Å²) in [6.45, 7) is 13.6. The number of benzene rings is 1. The number of hydrogen-bond donors (Lipinski definition) is 0. The van der Waals surface area contributed by atoms with Crippen molar-refractivity contribution in [2.45, 2.75) is 54.3 Å². The monoisotopic (exact) mass is 381 g/mol. The molecule has 0 aliphatic rings. The number of aromatic nitrogens is 4. The molecule has 2 aromatic heterocycles. The predicted molar refractivity (Wildman–Crippen MR) is 113 cm³/mol. The van der Waals surface area contributed by atoms with Crippen LogP contribution in [0.2, 0.25) is 0 Å². The van der Waals surface area contributed by atoms with Crippen molar-refractivity contribution < 1.29 is 0 Å². The zero-order valence-corrected chi connectivity index (χ0v) is 17.9. The first-order chi connectivity index (χ1) is 13.4. The number of para-hydroxylation sites is 1. The number of aryl methyl sites for hydroxylation is 2. The Kier molecular flexibility index (Phi) is 5.89. The summed E-state index contributed by atoms with van der Waals surface area (Å²) in [6.07, 6.45) is 0. The highest BCUT2D eigenvalue weighted by molar-refractivity contribution is 5.33. The molecule has 28 heavy (non-hydrogen) atoms. The molecule has 0 saturated carbocycles. The molecule has 0 amide bonds. The van der Waals surface area contributed by atoms with E-state index in [9.17, 15) is 4.79 Å². The Morgan fingerprint density at radius 2 is 1.61 bits per heavy atom. The molecule has 6 nitrogen and oxygen atoms in total. The molecule has 6 heteroatoms. The lowest BCUT2D eigenvalue weighted by Crippen LogP contribution is -2.27. The van der Waals surface area contributed by atoms with E-state index >= 15 is 0 Å². The van der Waals surface area contributed by atoms with Gasteiger partial charge in [0.05, 0.1) is 16.9 Å². The molecular formula is C22H31N5O. The van der Waals surface area contributed by atoms with E-state index < -0.39 is 0 Å². The zero-order valence-electron chi connectivity index (χ0n) is 17.9. The maximum absolute atomic E-state index is 13.2. The molecule has 0 bridgehead atoms. The Bertz CT molecular complexity index is 1010. The van der Waals surface area contributed by atoms with E-state index in [-0.39, 0.29) is 5.56 Å². The fourth-order valence-electron chi connectivity index (χ4n) is 3.80. The Hall–Kier alpha value is -2.60. The van der Waals surface area contributed by atoms with Gasteiger partial charge in [-0.3, -0.25) is 19.1 Å². The Morgan fingerprint density at radius 1 is 0.964 bits per heavy atom. The number of hydrogen-bond acceptors (Lipinski definition) is 3. The molecule has 0 N–H and O–H groups in total. The third-order valence-corrected chi connectivity index (χ3v) is 5.71. The van der Waals surface area contributed by atoms with Crippen LogP contribution >= 0.6 is 0 Å². The summed E-state index contributed by atoms with van der Waals surface area (Å²) in [4.78, 5) is 15.5. The maximum atomic E-state index is 13.2. The summed E-state index contributed by atoms with van der Waals surface area (Å²) in [6, 6.07) is 9.81. The van der Waals surface area contributed by atoms with Crippen LogP contribution in [-0.4, -0.2) is 30.6 Å². The van der Waals surface area contributed by atoms with Crippen LogP contribution in [0.4, 0.5) is 0 Å². The third-order valence-electron chi connectivity index (χ3n) is 5.71. The van der Waals surface area contributed by atoms with E-state index in [0.717, 1.165) is 42.3 Å². The molecule has 0 spiro atoms. The maximum Gasteiger partial charge on any atom is 0.276 e. The van der Waals surface area contributed by atoms with Crippen molar-refractivity contribution in [1.29, 1.82) is 0 Å². The van der Waals surface area contributed by atoms with Gasteiger partial charge in [-0.05, 0) is 46.4 Å². The topological polar surface area (TPSA) is 48.0 Å². The van der Waals surface area contributed by atoms with Crippen LogP contribution in [0.15, 0.2) is 35.1 Å². The molecule has 0 saturated heterocycles. The molecular weight excluding hydrogens is 350 g/mol. The minimum Gasteiger partial charge on any atom is -0.295 e. The molecule has 3 aromatic rings. The summed E-state index contributed by atoms with van der Waals surface area (Å²) < 4.78 is 5.76. The van der Waals surface area contributed by atoms with Gasteiger partial charge in [-0.2, -0.15) is 5.10 Å². The molecule has 0 unspecified atom stereocenters. The van der Waals surface area contributed by atoms with Crippen LogP contribution in [0.25, 0.3) is 5.69 Å². The molecule has 0 atom stereocenters. The van der Waals surface area contributed by atoms with Gasteiger partial charge in [-0.25, -0.2) is 4.68 Å². The first-order valence-corrected chi connectivity index (χ1v) is 9.97. The molecule has 0 aliphatic heterocycles. The van der Waals surface area contributed by atoms with Crippen molar-refractivity contribution in [3.8, 4) is 5.69 Å². The van der Waals surface area contributed by atoms with Crippen LogP contribution in [0, 0.1) is 20.8 Å². The van der Waals surface area contributed by atoms with Crippen LogP contribution in [-0.2, 0) is 26.7 Å². The van der Waals surface area contributed by atoms with E-state index in [1.807, 2.05) is 49.0 Å². The lowest BCUT2D eigenvalue weighted by atomic mass is 10.1. The van der Waals surface area contributed by atoms with E-state index in [1.165, 1.54) is 11.3 Å². The van der Waals surface area contributed by atoms with Gasteiger partial charge < -0.3 is 0 Å². The van der Waals surface area contributed by atoms with Crippen molar-refractivity contribution in [1.82, 2.24) is 24.0 Å². The normalized spacial score (nSPS) is 11.5. The molecule has 3 rings (SSSR count). The van der Waals surface area contributed by atoms with Crippen LogP contribution < -0.4 is 5.56 Å². The molecule has 0 fully saturated rings. The summed E-state index contributed by atoms with van der Waals surface area (Å²) in [5.41, 5.74) is 6.36.